The molecule has 0 unspecified atom stereocenters. The zero-order chi connectivity index (χ0) is 18.0. The van der Waals surface area contributed by atoms with E-state index in [0.29, 0.717) is 23.1 Å². The van der Waals surface area contributed by atoms with Crippen LogP contribution in [0.4, 0.5) is 5.69 Å². The van der Waals surface area contributed by atoms with Crippen molar-refractivity contribution in [3.05, 3.63) is 54.1 Å². The number of nitrogens with one attached hydrogen (secondary N) is 1. The Morgan fingerprint density at radius 2 is 1.80 bits per heavy atom. The van der Waals surface area contributed by atoms with Gasteiger partial charge in [0.15, 0.2) is 5.82 Å². The van der Waals surface area contributed by atoms with Crippen LogP contribution in [0.25, 0.3) is 5.82 Å². The summed E-state index contributed by atoms with van der Waals surface area (Å²) in [6.45, 7) is 3.85. The van der Waals surface area contributed by atoms with Crippen molar-refractivity contribution in [1.29, 1.82) is 0 Å². The van der Waals surface area contributed by atoms with Gasteiger partial charge in [0.2, 0.25) is 15.9 Å². The molecule has 0 radical (unpaired) electrons. The third kappa shape index (κ3) is 4.32. The highest BCUT2D eigenvalue weighted by Crippen LogP contribution is 2.23. The van der Waals surface area contributed by atoms with Crippen LogP contribution in [0.5, 0.6) is 11.6 Å². The Morgan fingerprint density at radius 3 is 2.40 bits per heavy atom. The van der Waals surface area contributed by atoms with E-state index in [-0.39, 0.29) is 0 Å². The second kappa shape index (κ2) is 6.52. The van der Waals surface area contributed by atoms with Gasteiger partial charge in [-0.15, -0.1) is 0 Å². The van der Waals surface area contributed by atoms with Gasteiger partial charge in [-0.1, -0.05) is 0 Å². The number of rotatable bonds is 5. The maximum absolute atomic E-state index is 11.2. The second-order valence-corrected chi connectivity index (χ2v) is 7.30. The third-order valence-corrected chi connectivity index (χ3v) is 3.84. The second-order valence-electron chi connectivity index (χ2n) is 5.55. The average Bonchev–Trinajstić information content (AvgIpc) is 2.87. The summed E-state index contributed by atoms with van der Waals surface area (Å²) in [4.78, 5) is 8.31. The van der Waals surface area contributed by atoms with Gasteiger partial charge in [0.05, 0.1) is 11.9 Å². The molecule has 0 aliphatic rings. The SMILES string of the molecule is Cc1cc(C)n(-c2cc(Oc3ccc(NS(C)(=O)=O)cc3)ncn2)n1. The Morgan fingerprint density at radius 1 is 1.08 bits per heavy atom. The quantitative estimate of drug-likeness (QED) is 0.751. The molecule has 0 amide bonds. The third-order valence-electron chi connectivity index (χ3n) is 3.23. The van der Waals surface area contributed by atoms with Crippen LogP contribution < -0.4 is 9.46 Å². The predicted molar refractivity (Wildman–Crippen MR) is 93.6 cm³/mol. The molecule has 0 aliphatic carbocycles. The van der Waals surface area contributed by atoms with Crippen molar-refractivity contribution in [3.8, 4) is 17.4 Å². The summed E-state index contributed by atoms with van der Waals surface area (Å²) in [6.07, 6.45) is 2.50. The minimum atomic E-state index is -3.31. The van der Waals surface area contributed by atoms with E-state index in [1.165, 1.54) is 6.33 Å². The molecule has 130 valence electrons. The topological polar surface area (TPSA) is 99.0 Å². The molecule has 0 fully saturated rings. The van der Waals surface area contributed by atoms with Crippen LogP contribution in [-0.4, -0.2) is 34.4 Å². The van der Waals surface area contributed by atoms with E-state index < -0.39 is 10.0 Å². The fraction of sp³-hybridized carbons (Fsp3) is 0.188. The molecule has 1 aromatic carbocycles. The van der Waals surface area contributed by atoms with Gasteiger partial charge in [-0.3, -0.25) is 4.72 Å². The molecule has 0 bridgehead atoms. The van der Waals surface area contributed by atoms with Gasteiger partial charge in [-0.2, -0.15) is 5.10 Å². The first-order valence-corrected chi connectivity index (χ1v) is 9.31. The molecule has 2 heterocycles. The fourth-order valence-corrected chi connectivity index (χ4v) is 2.85. The summed E-state index contributed by atoms with van der Waals surface area (Å²) in [5.41, 5.74) is 2.31. The van der Waals surface area contributed by atoms with Gasteiger partial charge >= 0.3 is 0 Å². The Balaban J connectivity index is 1.79. The van der Waals surface area contributed by atoms with E-state index in [2.05, 4.69) is 19.8 Å². The molecule has 0 spiro atoms. The van der Waals surface area contributed by atoms with Gasteiger partial charge in [0.1, 0.15) is 12.1 Å². The molecule has 3 rings (SSSR count). The fourth-order valence-electron chi connectivity index (χ4n) is 2.29. The van der Waals surface area contributed by atoms with Crippen LogP contribution >= 0.6 is 0 Å². The molecule has 0 saturated heterocycles. The molecule has 1 N–H and O–H groups in total. The number of benzene rings is 1. The standard InChI is InChI=1S/C16H17N5O3S/c1-11-8-12(2)21(19-11)15-9-16(18-10-17-15)24-14-6-4-13(5-7-14)20-25(3,22)23/h4-10,20H,1-3H3. The van der Waals surface area contributed by atoms with Crippen molar-refractivity contribution in [2.45, 2.75) is 13.8 Å². The number of sulfonamides is 1. The molecule has 25 heavy (non-hydrogen) atoms. The van der Waals surface area contributed by atoms with Gasteiger partial charge in [0.25, 0.3) is 0 Å². The summed E-state index contributed by atoms with van der Waals surface area (Å²) in [7, 11) is -3.31. The molecule has 0 atom stereocenters. The Labute approximate surface area is 145 Å². The molecule has 0 aliphatic heterocycles. The predicted octanol–water partition coefficient (Wildman–Crippen LogP) is 2.44. The van der Waals surface area contributed by atoms with E-state index >= 15 is 0 Å². The van der Waals surface area contributed by atoms with Crippen molar-refractivity contribution in [2.75, 3.05) is 11.0 Å². The van der Waals surface area contributed by atoms with Crippen LogP contribution in [0, 0.1) is 13.8 Å². The largest absolute Gasteiger partial charge is 0.439 e. The van der Waals surface area contributed by atoms with E-state index in [4.69, 9.17) is 4.74 Å². The maximum atomic E-state index is 11.2. The molecular weight excluding hydrogens is 342 g/mol. The summed E-state index contributed by atoms with van der Waals surface area (Å²) < 4.78 is 32.2. The van der Waals surface area contributed by atoms with Crippen LogP contribution in [0.1, 0.15) is 11.4 Å². The Kier molecular flexibility index (Phi) is 4.41. The lowest BCUT2D eigenvalue weighted by atomic mass is 10.3. The summed E-state index contributed by atoms with van der Waals surface area (Å²) in [6, 6.07) is 10.2. The first-order valence-electron chi connectivity index (χ1n) is 7.41. The zero-order valence-corrected chi connectivity index (χ0v) is 14.8. The number of ether oxygens (including phenoxy) is 1. The Hall–Kier alpha value is -2.94. The van der Waals surface area contributed by atoms with Gasteiger partial charge in [-0.25, -0.2) is 23.1 Å². The van der Waals surface area contributed by atoms with E-state index in [0.717, 1.165) is 17.6 Å². The molecule has 3 aromatic rings. The van der Waals surface area contributed by atoms with Gasteiger partial charge in [-0.05, 0) is 44.2 Å². The number of nitrogens with zero attached hydrogens (tertiary/aromatic N) is 4. The number of hydrogen-bond donors (Lipinski definition) is 1. The minimum absolute atomic E-state index is 0.362. The van der Waals surface area contributed by atoms with E-state index in [9.17, 15) is 8.42 Å². The number of hydrogen-bond acceptors (Lipinski definition) is 6. The molecule has 2 aromatic heterocycles. The molecular formula is C16H17N5O3S. The summed E-state index contributed by atoms with van der Waals surface area (Å²) in [5.74, 6) is 1.49. The normalized spacial score (nSPS) is 11.3. The summed E-state index contributed by atoms with van der Waals surface area (Å²) in [5, 5.41) is 4.38. The molecule has 0 saturated carbocycles. The monoisotopic (exact) mass is 359 g/mol. The smallest absolute Gasteiger partial charge is 0.229 e. The first-order chi connectivity index (χ1) is 11.8. The lowest BCUT2D eigenvalue weighted by Gasteiger charge is -2.08. The lowest BCUT2D eigenvalue weighted by Crippen LogP contribution is -2.09. The highest BCUT2D eigenvalue weighted by molar-refractivity contribution is 7.92. The van der Waals surface area contributed by atoms with Crippen molar-refractivity contribution >= 4 is 15.7 Å². The van der Waals surface area contributed by atoms with Crippen LogP contribution in [0.2, 0.25) is 0 Å². The average molecular weight is 359 g/mol. The number of anilines is 1. The van der Waals surface area contributed by atoms with Crippen LogP contribution in [0.15, 0.2) is 42.7 Å². The molecule has 9 heteroatoms. The van der Waals surface area contributed by atoms with Crippen LogP contribution in [0.3, 0.4) is 0 Å². The van der Waals surface area contributed by atoms with E-state index in [1.54, 1.807) is 35.0 Å². The zero-order valence-electron chi connectivity index (χ0n) is 14.0. The van der Waals surface area contributed by atoms with Crippen molar-refractivity contribution in [1.82, 2.24) is 19.7 Å². The molecule has 8 nitrogen and oxygen atoms in total. The van der Waals surface area contributed by atoms with Crippen molar-refractivity contribution in [2.24, 2.45) is 0 Å². The van der Waals surface area contributed by atoms with E-state index in [1.807, 2.05) is 19.9 Å². The maximum Gasteiger partial charge on any atom is 0.229 e. The first kappa shape index (κ1) is 16.9. The van der Waals surface area contributed by atoms with Crippen molar-refractivity contribution < 1.29 is 13.2 Å². The minimum Gasteiger partial charge on any atom is -0.439 e. The van der Waals surface area contributed by atoms with Gasteiger partial charge < -0.3 is 4.74 Å². The van der Waals surface area contributed by atoms with Gasteiger partial charge in [0, 0.05) is 17.4 Å². The highest BCUT2D eigenvalue weighted by atomic mass is 32.2. The highest BCUT2D eigenvalue weighted by Gasteiger charge is 2.08. The Bertz CT molecular complexity index is 997. The van der Waals surface area contributed by atoms with Crippen molar-refractivity contribution in [3.63, 3.8) is 0 Å². The summed E-state index contributed by atoms with van der Waals surface area (Å²) >= 11 is 0. The lowest BCUT2D eigenvalue weighted by molar-refractivity contribution is 0.460. The number of aromatic nitrogens is 4. The van der Waals surface area contributed by atoms with Crippen LogP contribution in [-0.2, 0) is 10.0 Å². The number of aryl methyl sites for hydroxylation is 2.